The number of aliphatic carboxylic acids is 1. The lowest BCUT2D eigenvalue weighted by Gasteiger charge is -2.07. The molecule has 7 heteroatoms. The van der Waals surface area contributed by atoms with Crippen LogP contribution in [-0.4, -0.2) is 16.9 Å². The van der Waals surface area contributed by atoms with Crippen LogP contribution in [0.4, 0.5) is 14.5 Å². The van der Waals surface area contributed by atoms with E-state index in [4.69, 9.17) is 4.74 Å². The van der Waals surface area contributed by atoms with Crippen molar-refractivity contribution in [3.8, 4) is 0 Å². The number of carbonyl (C=O) groups is 2. The number of ketones is 1. The van der Waals surface area contributed by atoms with Crippen LogP contribution in [0.25, 0.3) is 6.08 Å². The number of hydrogen-bond donors (Lipinski definition) is 2. The molecule has 3 rings (SSSR count). The number of Topliss-reactive ketones (excluding diaryl/α,β-unsaturated/α-hetero) is 1. The van der Waals surface area contributed by atoms with Crippen molar-refractivity contribution in [2.45, 2.75) is 0 Å². The predicted octanol–water partition coefficient (Wildman–Crippen LogP) is 3.31. The van der Waals surface area contributed by atoms with Crippen LogP contribution in [0.3, 0.4) is 0 Å². The summed E-state index contributed by atoms with van der Waals surface area (Å²) in [5.74, 6) is -4.99. The first-order valence-electron chi connectivity index (χ1n) is 7.14. The molecule has 0 saturated carbocycles. The number of anilines is 1. The number of carbonyl (C=O) groups excluding carboxylic acids is 1. The highest BCUT2D eigenvalue weighted by atomic mass is 19.2. The Bertz CT molecular complexity index is 920. The van der Waals surface area contributed by atoms with Crippen molar-refractivity contribution < 1.29 is 28.2 Å². The summed E-state index contributed by atoms with van der Waals surface area (Å²) >= 11 is 0. The molecule has 0 fully saturated rings. The van der Waals surface area contributed by atoms with Gasteiger partial charge in [0.15, 0.2) is 23.0 Å². The SMILES string of the molecule is O=C(O)C1=C(Nc2ccccc2)O/C(=C\c2ccc(F)c(F)c2)C1=O. The molecule has 0 aliphatic carbocycles. The Morgan fingerprint density at radius 1 is 1.08 bits per heavy atom. The Hall–Kier alpha value is -3.48. The van der Waals surface area contributed by atoms with Crippen LogP contribution in [0.2, 0.25) is 0 Å². The number of halogens is 2. The van der Waals surface area contributed by atoms with Crippen LogP contribution in [0.15, 0.2) is 65.7 Å². The number of rotatable bonds is 4. The Morgan fingerprint density at radius 3 is 2.44 bits per heavy atom. The van der Waals surface area contributed by atoms with E-state index in [2.05, 4.69) is 5.32 Å². The van der Waals surface area contributed by atoms with Crippen molar-refractivity contribution in [3.05, 3.63) is 82.9 Å². The summed E-state index contributed by atoms with van der Waals surface area (Å²) < 4.78 is 31.6. The van der Waals surface area contributed by atoms with E-state index in [0.29, 0.717) is 5.69 Å². The number of allylic oxidation sites excluding steroid dienone is 1. The second-order valence-corrected chi connectivity index (χ2v) is 5.11. The molecule has 1 aliphatic rings. The predicted molar refractivity (Wildman–Crippen MR) is 85.2 cm³/mol. The summed E-state index contributed by atoms with van der Waals surface area (Å²) in [7, 11) is 0. The third kappa shape index (κ3) is 3.40. The molecule has 0 bridgehead atoms. The van der Waals surface area contributed by atoms with Gasteiger partial charge in [0, 0.05) is 5.69 Å². The minimum absolute atomic E-state index is 0.160. The largest absolute Gasteiger partial charge is 0.477 e. The molecule has 1 heterocycles. The van der Waals surface area contributed by atoms with E-state index in [1.807, 2.05) is 0 Å². The van der Waals surface area contributed by atoms with Crippen molar-refractivity contribution in [1.82, 2.24) is 0 Å². The number of carboxylic acids is 1. The minimum Gasteiger partial charge on any atom is -0.477 e. The van der Waals surface area contributed by atoms with Crippen molar-refractivity contribution in [2.24, 2.45) is 0 Å². The number of ether oxygens (including phenoxy) is 1. The van der Waals surface area contributed by atoms with Gasteiger partial charge in [-0.2, -0.15) is 0 Å². The molecular weight excluding hydrogens is 332 g/mol. The molecule has 5 nitrogen and oxygen atoms in total. The molecule has 0 spiro atoms. The van der Waals surface area contributed by atoms with Crippen molar-refractivity contribution in [2.75, 3.05) is 5.32 Å². The molecule has 2 aromatic carbocycles. The lowest BCUT2D eigenvalue weighted by molar-refractivity contribution is -0.134. The number of benzene rings is 2. The summed E-state index contributed by atoms with van der Waals surface area (Å²) in [6, 6.07) is 11.6. The van der Waals surface area contributed by atoms with Gasteiger partial charge in [-0.3, -0.25) is 4.79 Å². The van der Waals surface area contributed by atoms with Gasteiger partial charge in [0.2, 0.25) is 11.7 Å². The van der Waals surface area contributed by atoms with E-state index in [1.54, 1.807) is 30.3 Å². The molecule has 2 N–H and O–H groups in total. The molecule has 0 aromatic heterocycles. The van der Waals surface area contributed by atoms with E-state index in [9.17, 15) is 23.5 Å². The van der Waals surface area contributed by atoms with Gasteiger partial charge in [0.05, 0.1) is 0 Å². The maximum Gasteiger partial charge on any atom is 0.345 e. The topological polar surface area (TPSA) is 75.6 Å². The molecule has 0 radical (unpaired) electrons. The highest BCUT2D eigenvalue weighted by molar-refractivity contribution is 6.26. The summed E-state index contributed by atoms with van der Waals surface area (Å²) in [6.45, 7) is 0. The van der Waals surface area contributed by atoms with Crippen molar-refractivity contribution in [3.63, 3.8) is 0 Å². The van der Waals surface area contributed by atoms with Gasteiger partial charge in [-0.15, -0.1) is 0 Å². The first-order valence-corrected chi connectivity index (χ1v) is 7.14. The molecule has 2 aromatic rings. The van der Waals surface area contributed by atoms with Gasteiger partial charge in [-0.05, 0) is 35.9 Å². The summed E-state index contributed by atoms with van der Waals surface area (Å²) in [5, 5.41) is 12.0. The average Bonchev–Trinajstić information content (AvgIpc) is 2.87. The maximum atomic E-state index is 13.3. The van der Waals surface area contributed by atoms with Crippen molar-refractivity contribution in [1.29, 1.82) is 0 Å². The fourth-order valence-corrected chi connectivity index (χ4v) is 2.22. The lowest BCUT2D eigenvalue weighted by Crippen LogP contribution is -2.12. The molecule has 1 aliphatic heterocycles. The number of nitrogens with one attached hydrogen (secondary N) is 1. The van der Waals surface area contributed by atoms with Crippen LogP contribution in [0.5, 0.6) is 0 Å². The van der Waals surface area contributed by atoms with Crippen LogP contribution in [-0.2, 0) is 14.3 Å². The number of carboxylic acid groups (broad SMARTS) is 1. The standard InChI is InChI=1S/C18H11F2NO4/c19-12-7-6-10(8-13(12)20)9-14-16(22)15(18(23)24)17(25-14)21-11-4-2-1-3-5-11/h1-9,21H,(H,23,24)/b14-9-. The zero-order chi connectivity index (χ0) is 18.0. The smallest absolute Gasteiger partial charge is 0.345 e. The monoisotopic (exact) mass is 343 g/mol. The number of para-hydroxylation sites is 1. The molecule has 0 amide bonds. The maximum absolute atomic E-state index is 13.3. The van der Waals surface area contributed by atoms with Gasteiger partial charge in [0.1, 0.15) is 0 Å². The third-order valence-corrected chi connectivity index (χ3v) is 3.38. The first-order chi connectivity index (χ1) is 12.0. The molecule has 0 atom stereocenters. The Kier molecular flexibility index (Phi) is 4.30. The van der Waals surface area contributed by atoms with E-state index >= 15 is 0 Å². The van der Waals surface area contributed by atoms with E-state index < -0.39 is 29.0 Å². The highest BCUT2D eigenvalue weighted by Crippen LogP contribution is 2.28. The first kappa shape index (κ1) is 16.4. The normalized spacial score (nSPS) is 15.4. The zero-order valence-corrected chi connectivity index (χ0v) is 12.6. The van der Waals surface area contributed by atoms with Crippen LogP contribution in [0.1, 0.15) is 5.56 Å². The van der Waals surface area contributed by atoms with Gasteiger partial charge in [-0.25, -0.2) is 13.6 Å². The number of hydrogen-bond acceptors (Lipinski definition) is 4. The van der Waals surface area contributed by atoms with Crippen molar-refractivity contribution >= 4 is 23.5 Å². The minimum atomic E-state index is -1.46. The average molecular weight is 343 g/mol. The molecule has 0 saturated heterocycles. The quantitative estimate of drug-likeness (QED) is 0.658. The van der Waals surface area contributed by atoms with Crippen LogP contribution < -0.4 is 5.32 Å². The Morgan fingerprint density at radius 2 is 1.80 bits per heavy atom. The second kappa shape index (κ2) is 6.56. The summed E-state index contributed by atoms with van der Waals surface area (Å²) in [4.78, 5) is 23.6. The lowest BCUT2D eigenvalue weighted by atomic mass is 10.1. The summed E-state index contributed by atoms with van der Waals surface area (Å²) in [5.41, 5.74) is 0.115. The third-order valence-electron chi connectivity index (χ3n) is 3.38. The molecular formula is C18H11F2NO4. The van der Waals surface area contributed by atoms with E-state index in [0.717, 1.165) is 18.2 Å². The van der Waals surface area contributed by atoms with Gasteiger partial charge in [-0.1, -0.05) is 24.3 Å². The second-order valence-electron chi connectivity index (χ2n) is 5.11. The molecule has 25 heavy (non-hydrogen) atoms. The fourth-order valence-electron chi connectivity index (χ4n) is 2.22. The van der Waals surface area contributed by atoms with E-state index in [-0.39, 0.29) is 17.2 Å². The molecule has 126 valence electrons. The van der Waals surface area contributed by atoms with Crippen LogP contribution in [0, 0.1) is 11.6 Å². The van der Waals surface area contributed by atoms with E-state index in [1.165, 1.54) is 6.07 Å². The zero-order valence-electron chi connectivity index (χ0n) is 12.6. The van der Waals surface area contributed by atoms with Gasteiger partial charge >= 0.3 is 5.97 Å². The van der Waals surface area contributed by atoms with Gasteiger partial charge < -0.3 is 15.2 Å². The summed E-state index contributed by atoms with van der Waals surface area (Å²) in [6.07, 6.45) is 1.15. The van der Waals surface area contributed by atoms with Gasteiger partial charge in [0.25, 0.3) is 0 Å². The van der Waals surface area contributed by atoms with Crippen LogP contribution >= 0.6 is 0 Å². The Labute approximate surface area is 140 Å². The molecule has 0 unspecified atom stereocenters. The fraction of sp³-hybridized carbons (Fsp3) is 0. The highest BCUT2D eigenvalue weighted by Gasteiger charge is 2.35. The Balaban J connectivity index is 1.93.